The second-order valence-corrected chi connectivity index (χ2v) is 8.22. The Bertz CT molecular complexity index is 264. The lowest BCUT2D eigenvalue weighted by Crippen LogP contribution is -2.31. The van der Waals surface area contributed by atoms with Gasteiger partial charge in [0, 0.05) is 37.2 Å². The number of ether oxygens (including phenoxy) is 1. The summed E-state index contributed by atoms with van der Waals surface area (Å²) in [5.41, 5.74) is 0. The summed E-state index contributed by atoms with van der Waals surface area (Å²) in [6.07, 6.45) is 7.77. The van der Waals surface area contributed by atoms with Crippen LogP contribution in [0.15, 0.2) is 0 Å². The van der Waals surface area contributed by atoms with Crippen molar-refractivity contribution in [2.75, 3.05) is 25.5 Å². The second kappa shape index (κ2) is 9.14. The summed E-state index contributed by atoms with van der Waals surface area (Å²) in [5, 5.41) is 3.92. The van der Waals surface area contributed by atoms with Gasteiger partial charge in [-0.3, -0.25) is 4.79 Å². The Hall–Kier alpha value is 0.130. The van der Waals surface area contributed by atoms with Crippen LogP contribution in [0.25, 0.3) is 0 Å². The number of carbonyl (C=O) groups is 1. The van der Waals surface area contributed by atoms with Gasteiger partial charge in [0.2, 0.25) is 5.91 Å². The minimum absolute atomic E-state index is 0.236. The van der Waals surface area contributed by atoms with E-state index in [0.717, 1.165) is 44.3 Å². The number of nitrogens with one attached hydrogen (secondary N) is 1. The quantitative estimate of drug-likeness (QED) is 0.579. The highest BCUT2D eigenvalue weighted by atomic mass is 33.1. The molecule has 0 radical (unpaired) electrons. The fourth-order valence-electron chi connectivity index (χ4n) is 2.52. The van der Waals surface area contributed by atoms with Gasteiger partial charge in [-0.15, -0.1) is 0 Å². The molecule has 0 bridgehead atoms. The van der Waals surface area contributed by atoms with E-state index >= 15 is 0 Å². The molecule has 2 aliphatic heterocycles. The predicted octanol–water partition coefficient (Wildman–Crippen LogP) is 3.24. The van der Waals surface area contributed by atoms with Crippen LogP contribution < -0.4 is 5.32 Å². The first-order chi connectivity index (χ1) is 9.34. The molecule has 3 nitrogen and oxygen atoms in total. The van der Waals surface area contributed by atoms with Crippen LogP contribution in [-0.4, -0.2) is 36.7 Å². The molecule has 0 aromatic rings. The molecule has 110 valence electrons. The predicted molar refractivity (Wildman–Crippen MR) is 83.5 cm³/mol. The number of unbranched alkanes of at least 4 members (excludes halogenated alkanes) is 1. The molecule has 1 atom stereocenters. The lowest BCUT2D eigenvalue weighted by Gasteiger charge is -2.22. The number of amides is 1. The van der Waals surface area contributed by atoms with E-state index in [1.165, 1.54) is 25.0 Å². The van der Waals surface area contributed by atoms with Gasteiger partial charge in [-0.05, 0) is 38.0 Å². The third kappa shape index (κ3) is 6.41. The molecule has 0 saturated carbocycles. The Balaban J connectivity index is 1.45. The molecule has 2 fully saturated rings. The molecule has 5 heteroatoms. The summed E-state index contributed by atoms with van der Waals surface area (Å²) in [6.45, 7) is 2.56. The number of hydrogen-bond acceptors (Lipinski definition) is 4. The maximum Gasteiger partial charge on any atom is 0.220 e. The van der Waals surface area contributed by atoms with Crippen LogP contribution in [0.1, 0.15) is 44.9 Å². The van der Waals surface area contributed by atoms with Crippen molar-refractivity contribution in [1.29, 1.82) is 0 Å². The molecule has 0 unspecified atom stereocenters. The van der Waals surface area contributed by atoms with Gasteiger partial charge in [-0.1, -0.05) is 28.0 Å². The number of rotatable bonds is 7. The van der Waals surface area contributed by atoms with Crippen molar-refractivity contribution in [2.24, 2.45) is 5.92 Å². The van der Waals surface area contributed by atoms with Crippen LogP contribution in [0.2, 0.25) is 0 Å². The average Bonchev–Trinajstić information content (AvgIpc) is 2.96. The maximum absolute atomic E-state index is 11.7. The molecule has 19 heavy (non-hydrogen) atoms. The SMILES string of the molecule is O=C(CCCC[C@@H]1CCSS1)NCC1CCOCC1. The van der Waals surface area contributed by atoms with Gasteiger partial charge >= 0.3 is 0 Å². The van der Waals surface area contributed by atoms with Crippen LogP contribution in [0, 0.1) is 5.92 Å². The van der Waals surface area contributed by atoms with Crippen LogP contribution >= 0.6 is 21.6 Å². The molecule has 1 amide bonds. The van der Waals surface area contributed by atoms with Gasteiger partial charge < -0.3 is 10.1 Å². The molecule has 1 N–H and O–H groups in total. The van der Waals surface area contributed by atoms with Gasteiger partial charge in [-0.25, -0.2) is 0 Å². The molecule has 2 aliphatic rings. The lowest BCUT2D eigenvalue weighted by atomic mass is 10.0. The summed E-state index contributed by atoms with van der Waals surface area (Å²) < 4.78 is 5.32. The molecule has 2 heterocycles. The Labute approximate surface area is 124 Å². The number of hydrogen-bond donors (Lipinski definition) is 1. The van der Waals surface area contributed by atoms with Gasteiger partial charge in [-0.2, -0.15) is 0 Å². The molecular formula is C14H25NO2S2. The summed E-state index contributed by atoms with van der Waals surface area (Å²) in [5.74, 6) is 2.17. The molecule has 0 spiro atoms. The second-order valence-electron chi connectivity index (χ2n) is 5.43. The Morgan fingerprint density at radius 3 is 2.79 bits per heavy atom. The molecule has 2 saturated heterocycles. The third-order valence-corrected chi connectivity index (χ3v) is 6.84. The standard InChI is InChI=1S/C14H25NO2S2/c16-14(15-11-12-5-8-17-9-6-12)4-2-1-3-13-7-10-18-19-13/h12-13H,1-11H2,(H,15,16)/t13-/m1/s1. The van der Waals surface area contributed by atoms with Crippen LogP contribution in [-0.2, 0) is 9.53 Å². The molecule has 0 aromatic carbocycles. The monoisotopic (exact) mass is 303 g/mol. The Morgan fingerprint density at radius 1 is 1.21 bits per heavy atom. The molecule has 2 rings (SSSR count). The summed E-state index contributed by atoms with van der Waals surface area (Å²) in [7, 11) is 4.03. The zero-order chi connectivity index (χ0) is 13.3. The van der Waals surface area contributed by atoms with Crippen molar-refractivity contribution in [3.05, 3.63) is 0 Å². The zero-order valence-electron chi connectivity index (χ0n) is 11.6. The largest absolute Gasteiger partial charge is 0.381 e. The molecule has 0 aliphatic carbocycles. The van der Waals surface area contributed by atoms with E-state index in [-0.39, 0.29) is 5.91 Å². The average molecular weight is 303 g/mol. The van der Waals surface area contributed by atoms with E-state index in [1.807, 2.05) is 21.6 Å². The summed E-state index contributed by atoms with van der Waals surface area (Å²) >= 11 is 0. The van der Waals surface area contributed by atoms with Crippen molar-refractivity contribution in [3.8, 4) is 0 Å². The third-order valence-electron chi connectivity index (χ3n) is 3.84. The Morgan fingerprint density at radius 2 is 2.05 bits per heavy atom. The molecule has 0 aromatic heterocycles. The summed E-state index contributed by atoms with van der Waals surface area (Å²) in [4.78, 5) is 11.7. The van der Waals surface area contributed by atoms with Gasteiger partial charge in [0.25, 0.3) is 0 Å². The first-order valence-electron chi connectivity index (χ1n) is 7.47. The maximum atomic E-state index is 11.7. The van der Waals surface area contributed by atoms with Crippen molar-refractivity contribution < 1.29 is 9.53 Å². The van der Waals surface area contributed by atoms with Crippen LogP contribution in [0.3, 0.4) is 0 Å². The zero-order valence-corrected chi connectivity index (χ0v) is 13.2. The topological polar surface area (TPSA) is 38.3 Å². The minimum atomic E-state index is 0.236. The smallest absolute Gasteiger partial charge is 0.220 e. The summed E-state index contributed by atoms with van der Waals surface area (Å²) in [6, 6.07) is 0. The lowest BCUT2D eigenvalue weighted by molar-refractivity contribution is -0.121. The van der Waals surface area contributed by atoms with Crippen molar-refractivity contribution >= 4 is 27.5 Å². The van der Waals surface area contributed by atoms with E-state index in [2.05, 4.69) is 5.32 Å². The first kappa shape index (κ1) is 15.5. The van der Waals surface area contributed by atoms with E-state index in [1.54, 1.807) is 0 Å². The minimum Gasteiger partial charge on any atom is -0.381 e. The highest BCUT2D eigenvalue weighted by Crippen LogP contribution is 2.39. The van der Waals surface area contributed by atoms with E-state index in [4.69, 9.17) is 4.74 Å². The van der Waals surface area contributed by atoms with Crippen LogP contribution in [0.4, 0.5) is 0 Å². The van der Waals surface area contributed by atoms with Crippen LogP contribution in [0.5, 0.6) is 0 Å². The normalized spacial score (nSPS) is 24.5. The van der Waals surface area contributed by atoms with Gasteiger partial charge in [0.1, 0.15) is 0 Å². The molecular weight excluding hydrogens is 278 g/mol. The van der Waals surface area contributed by atoms with Crippen molar-refractivity contribution in [1.82, 2.24) is 5.32 Å². The van der Waals surface area contributed by atoms with E-state index in [0.29, 0.717) is 12.3 Å². The van der Waals surface area contributed by atoms with Crippen molar-refractivity contribution in [2.45, 2.75) is 50.2 Å². The highest BCUT2D eigenvalue weighted by Gasteiger charge is 2.16. The van der Waals surface area contributed by atoms with E-state index in [9.17, 15) is 4.79 Å². The fourth-order valence-corrected chi connectivity index (χ4v) is 5.55. The highest BCUT2D eigenvalue weighted by molar-refractivity contribution is 8.77. The van der Waals surface area contributed by atoms with Gasteiger partial charge in [0.05, 0.1) is 0 Å². The Kier molecular flexibility index (Phi) is 7.46. The first-order valence-corrected chi connectivity index (χ1v) is 9.85. The fraction of sp³-hybridized carbons (Fsp3) is 0.929. The van der Waals surface area contributed by atoms with Crippen molar-refractivity contribution in [3.63, 3.8) is 0 Å². The number of carbonyl (C=O) groups excluding carboxylic acids is 1. The van der Waals surface area contributed by atoms with Gasteiger partial charge in [0.15, 0.2) is 0 Å². The van der Waals surface area contributed by atoms with E-state index < -0.39 is 0 Å².